The summed E-state index contributed by atoms with van der Waals surface area (Å²) in [6.07, 6.45) is 4.17. The predicted octanol–water partition coefficient (Wildman–Crippen LogP) is 6.31. The SMILES string of the molecule is C=CC(=O)OCCCCCCOC(=O)c1ccc(C(=O)Oc2ccc(OC(=O)c3ccc4c5c(cccc35)C(=O)N4C)cc2)cc1. The normalized spacial score (nSPS) is 11.7. The van der Waals surface area contributed by atoms with Crippen LogP contribution in [0.5, 0.6) is 11.5 Å². The second-order valence-corrected chi connectivity index (χ2v) is 10.5. The molecule has 234 valence electrons. The lowest BCUT2D eigenvalue weighted by atomic mass is 10.0. The van der Waals surface area contributed by atoms with Gasteiger partial charge in [0.2, 0.25) is 0 Å². The maximum Gasteiger partial charge on any atom is 0.344 e. The van der Waals surface area contributed by atoms with Gasteiger partial charge in [0.1, 0.15) is 11.5 Å². The van der Waals surface area contributed by atoms with Crippen molar-refractivity contribution in [3.8, 4) is 11.5 Å². The lowest BCUT2D eigenvalue weighted by Crippen LogP contribution is -2.20. The highest BCUT2D eigenvalue weighted by Gasteiger charge is 2.29. The summed E-state index contributed by atoms with van der Waals surface area (Å²) in [7, 11) is 1.69. The Hall–Kier alpha value is -5.77. The number of carbonyl (C=O) groups excluding carboxylic acids is 5. The molecule has 0 radical (unpaired) electrons. The zero-order valence-corrected chi connectivity index (χ0v) is 25.2. The molecule has 0 atom stereocenters. The van der Waals surface area contributed by atoms with Gasteiger partial charge >= 0.3 is 23.9 Å². The van der Waals surface area contributed by atoms with Gasteiger partial charge in [0.05, 0.1) is 35.6 Å². The molecule has 1 aliphatic rings. The Labute approximate surface area is 265 Å². The van der Waals surface area contributed by atoms with Crippen LogP contribution in [0.1, 0.15) is 67.1 Å². The van der Waals surface area contributed by atoms with E-state index < -0.39 is 23.9 Å². The first-order valence-electron chi connectivity index (χ1n) is 14.7. The Morgan fingerprint density at radius 2 is 1.28 bits per heavy atom. The number of amides is 1. The molecule has 0 fully saturated rings. The summed E-state index contributed by atoms with van der Waals surface area (Å²) in [6.45, 7) is 3.92. The molecule has 0 bridgehead atoms. The summed E-state index contributed by atoms with van der Waals surface area (Å²) in [6, 6.07) is 20.6. The summed E-state index contributed by atoms with van der Waals surface area (Å²) < 4.78 is 21.2. The minimum absolute atomic E-state index is 0.128. The van der Waals surface area contributed by atoms with Gasteiger partial charge in [-0.05, 0) is 97.8 Å². The lowest BCUT2D eigenvalue weighted by molar-refractivity contribution is -0.137. The molecule has 10 heteroatoms. The van der Waals surface area contributed by atoms with E-state index in [2.05, 4.69) is 6.58 Å². The largest absolute Gasteiger partial charge is 0.463 e. The summed E-state index contributed by atoms with van der Waals surface area (Å²) in [5.41, 5.74) is 2.14. The first-order chi connectivity index (χ1) is 22.3. The number of unbranched alkanes of at least 4 members (excludes halogenated alkanes) is 3. The van der Waals surface area contributed by atoms with Crippen LogP contribution < -0.4 is 14.4 Å². The monoisotopic (exact) mass is 621 g/mol. The standard InChI is InChI=1S/C36H31NO9/c1-3-31(38)43-21-6-4-5-7-22-44-34(40)23-11-13-24(14-12-23)35(41)45-25-15-17-26(18-16-25)46-36(42)28-19-20-30-32-27(28)9-8-10-29(32)33(39)37(30)2/h3,8-20H,1,4-7,21-22H2,2H3. The van der Waals surface area contributed by atoms with E-state index in [1.807, 2.05) is 0 Å². The van der Waals surface area contributed by atoms with E-state index >= 15 is 0 Å². The smallest absolute Gasteiger partial charge is 0.344 e. The van der Waals surface area contributed by atoms with Gasteiger partial charge < -0.3 is 23.8 Å². The van der Waals surface area contributed by atoms with Crippen molar-refractivity contribution in [3.05, 3.63) is 114 Å². The van der Waals surface area contributed by atoms with Crippen molar-refractivity contribution >= 4 is 46.2 Å². The van der Waals surface area contributed by atoms with Gasteiger partial charge in [-0.3, -0.25) is 4.79 Å². The van der Waals surface area contributed by atoms with Gasteiger partial charge in [-0.2, -0.15) is 0 Å². The Bertz CT molecular complexity index is 1810. The van der Waals surface area contributed by atoms with Crippen LogP contribution >= 0.6 is 0 Å². The maximum absolute atomic E-state index is 13.1. The first kappa shape index (κ1) is 31.6. The third-order valence-electron chi connectivity index (χ3n) is 7.42. The molecule has 4 aromatic rings. The fraction of sp³-hybridized carbons (Fsp3) is 0.194. The summed E-state index contributed by atoms with van der Waals surface area (Å²) in [5, 5.41) is 1.34. The van der Waals surface area contributed by atoms with E-state index in [0.29, 0.717) is 40.5 Å². The highest BCUT2D eigenvalue weighted by molar-refractivity contribution is 6.27. The number of ether oxygens (including phenoxy) is 4. The molecule has 0 spiro atoms. The predicted molar refractivity (Wildman–Crippen MR) is 169 cm³/mol. The molecule has 10 nitrogen and oxygen atoms in total. The van der Waals surface area contributed by atoms with Gasteiger partial charge in [-0.25, -0.2) is 19.2 Å². The molecule has 46 heavy (non-hydrogen) atoms. The second kappa shape index (κ2) is 14.3. The second-order valence-electron chi connectivity index (χ2n) is 10.5. The van der Waals surface area contributed by atoms with Crippen molar-refractivity contribution in [1.29, 1.82) is 0 Å². The van der Waals surface area contributed by atoms with E-state index in [4.69, 9.17) is 18.9 Å². The Morgan fingerprint density at radius 1 is 0.696 bits per heavy atom. The molecule has 1 amide bonds. The molecular formula is C36H31NO9. The van der Waals surface area contributed by atoms with Crippen molar-refractivity contribution in [2.24, 2.45) is 0 Å². The summed E-state index contributed by atoms with van der Waals surface area (Å²) in [4.78, 5) is 63.1. The number of rotatable bonds is 13. The molecule has 4 aromatic carbocycles. The van der Waals surface area contributed by atoms with E-state index in [1.54, 1.807) is 42.3 Å². The molecule has 0 aliphatic carbocycles. The van der Waals surface area contributed by atoms with Crippen LogP contribution in [0.4, 0.5) is 5.69 Å². The van der Waals surface area contributed by atoms with Crippen molar-refractivity contribution in [2.45, 2.75) is 25.7 Å². The van der Waals surface area contributed by atoms with Crippen LogP contribution in [-0.4, -0.2) is 50.0 Å². The third-order valence-corrected chi connectivity index (χ3v) is 7.42. The van der Waals surface area contributed by atoms with Gasteiger partial charge in [0.15, 0.2) is 0 Å². The number of benzene rings is 4. The average molecular weight is 622 g/mol. The molecule has 1 aliphatic heterocycles. The zero-order valence-electron chi connectivity index (χ0n) is 25.2. The fourth-order valence-electron chi connectivity index (χ4n) is 5.00. The molecule has 0 saturated heterocycles. The van der Waals surface area contributed by atoms with Gasteiger partial charge in [-0.1, -0.05) is 18.7 Å². The first-order valence-corrected chi connectivity index (χ1v) is 14.7. The number of hydrogen-bond acceptors (Lipinski definition) is 9. The van der Waals surface area contributed by atoms with Gasteiger partial charge in [0, 0.05) is 24.1 Å². The molecule has 0 unspecified atom stereocenters. The average Bonchev–Trinajstić information content (AvgIpc) is 3.32. The quantitative estimate of drug-likeness (QED) is 0.0730. The summed E-state index contributed by atoms with van der Waals surface area (Å²) in [5.74, 6) is -1.80. The van der Waals surface area contributed by atoms with Crippen LogP contribution in [0.3, 0.4) is 0 Å². The maximum atomic E-state index is 13.1. The van der Waals surface area contributed by atoms with Crippen LogP contribution in [-0.2, 0) is 14.3 Å². The van der Waals surface area contributed by atoms with E-state index in [0.717, 1.165) is 31.0 Å². The van der Waals surface area contributed by atoms with Gasteiger partial charge in [0.25, 0.3) is 5.91 Å². The summed E-state index contributed by atoms with van der Waals surface area (Å²) >= 11 is 0. The van der Waals surface area contributed by atoms with Crippen molar-refractivity contribution < 1.29 is 42.9 Å². The Morgan fingerprint density at radius 3 is 1.91 bits per heavy atom. The Balaban J connectivity index is 1.09. The van der Waals surface area contributed by atoms with E-state index in [9.17, 15) is 24.0 Å². The number of esters is 4. The van der Waals surface area contributed by atoms with Crippen LogP contribution in [0.15, 0.2) is 91.5 Å². The van der Waals surface area contributed by atoms with Crippen molar-refractivity contribution in [1.82, 2.24) is 0 Å². The molecule has 5 rings (SSSR count). The minimum Gasteiger partial charge on any atom is -0.463 e. The molecule has 0 saturated carbocycles. The molecule has 0 aromatic heterocycles. The fourth-order valence-corrected chi connectivity index (χ4v) is 5.00. The third kappa shape index (κ3) is 7.13. The lowest BCUT2D eigenvalue weighted by Gasteiger charge is -2.12. The topological polar surface area (TPSA) is 126 Å². The highest BCUT2D eigenvalue weighted by Crippen LogP contribution is 2.38. The number of nitrogens with zero attached hydrogens (tertiary/aromatic N) is 1. The Kier molecular flexibility index (Phi) is 9.87. The molecular weight excluding hydrogens is 590 g/mol. The minimum atomic E-state index is -0.629. The number of hydrogen-bond donors (Lipinski definition) is 0. The van der Waals surface area contributed by atoms with Crippen LogP contribution in [0.2, 0.25) is 0 Å². The van der Waals surface area contributed by atoms with Crippen LogP contribution in [0.25, 0.3) is 10.8 Å². The zero-order chi connectivity index (χ0) is 32.6. The van der Waals surface area contributed by atoms with Gasteiger partial charge in [-0.15, -0.1) is 0 Å². The number of carbonyl (C=O) groups is 5. The molecule has 0 N–H and O–H groups in total. The number of anilines is 1. The van der Waals surface area contributed by atoms with E-state index in [-0.39, 0.29) is 29.6 Å². The van der Waals surface area contributed by atoms with Crippen LogP contribution in [0, 0.1) is 0 Å². The molecule has 1 heterocycles. The van der Waals surface area contributed by atoms with Crippen molar-refractivity contribution in [3.63, 3.8) is 0 Å². The van der Waals surface area contributed by atoms with E-state index in [1.165, 1.54) is 48.5 Å². The van der Waals surface area contributed by atoms with Crippen molar-refractivity contribution in [2.75, 3.05) is 25.2 Å². The highest BCUT2D eigenvalue weighted by atomic mass is 16.5.